The van der Waals surface area contributed by atoms with Crippen molar-refractivity contribution in [3.05, 3.63) is 48.5 Å². The molecule has 1 heterocycles. The molecule has 0 radical (unpaired) electrons. The Morgan fingerprint density at radius 1 is 1.09 bits per heavy atom. The second kappa shape index (κ2) is 5.30. The molecule has 0 unspecified atom stereocenters. The van der Waals surface area contributed by atoms with Crippen LogP contribution in [0.1, 0.15) is 20.8 Å². The van der Waals surface area contributed by atoms with Gasteiger partial charge in [-0.15, -0.1) is 0 Å². The molecule has 0 saturated carbocycles. The van der Waals surface area contributed by atoms with Crippen molar-refractivity contribution in [3.63, 3.8) is 0 Å². The quantitative estimate of drug-likeness (QED) is 0.518. The molecule has 2 aromatic carbocycles. The van der Waals surface area contributed by atoms with Crippen LogP contribution in [-0.2, 0) is 4.79 Å². The van der Waals surface area contributed by atoms with Gasteiger partial charge in [0.1, 0.15) is 11.4 Å². The van der Waals surface area contributed by atoms with E-state index in [1.54, 1.807) is 12.1 Å². The molecule has 0 bridgehead atoms. The summed E-state index contributed by atoms with van der Waals surface area (Å²) < 4.78 is 10.7. The number of ether oxygens (including phenoxy) is 1. The SMILES string of the molecule is CC(C)(C)C(=O)Oc1ccc2c(-c3ccccc3)noc2c1. The van der Waals surface area contributed by atoms with Gasteiger partial charge in [0.25, 0.3) is 0 Å². The summed E-state index contributed by atoms with van der Waals surface area (Å²) in [6, 6.07) is 15.1. The normalized spacial score (nSPS) is 11.6. The molecule has 0 aliphatic heterocycles. The van der Waals surface area contributed by atoms with E-state index in [9.17, 15) is 4.79 Å². The molecule has 0 spiro atoms. The van der Waals surface area contributed by atoms with Crippen LogP contribution < -0.4 is 4.74 Å². The van der Waals surface area contributed by atoms with Gasteiger partial charge >= 0.3 is 5.97 Å². The van der Waals surface area contributed by atoms with Crippen LogP contribution in [0.3, 0.4) is 0 Å². The summed E-state index contributed by atoms with van der Waals surface area (Å²) in [7, 11) is 0. The Hall–Kier alpha value is -2.62. The highest BCUT2D eigenvalue weighted by molar-refractivity contribution is 5.92. The van der Waals surface area contributed by atoms with Gasteiger partial charge in [0.05, 0.1) is 5.41 Å². The Bertz CT molecular complexity index is 813. The van der Waals surface area contributed by atoms with Crippen molar-refractivity contribution in [2.75, 3.05) is 0 Å². The molecule has 3 aromatic rings. The molecular formula is C18H17NO3. The molecule has 0 aliphatic carbocycles. The molecular weight excluding hydrogens is 278 g/mol. The predicted octanol–water partition coefficient (Wildman–Crippen LogP) is 4.45. The number of aromatic nitrogens is 1. The smallest absolute Gasteiger partial charge is 0.316 e. The minimum absolute atomic E-state index is 0.283. The molecule has 112 valence electrons. The number of carbonyl (C=O) groups is 1. The maximum Gasteiger partial charge on any atom is 0.316 e. The molecule has 0 amide bonds. The predicted molar refractivity (Wildman–Crippen MR) is 84.5 cm³/mol. The molecule has 3 rings (SSSR count). The number of esters is 1. The van der Waals surface area contributed by atoms with Crippen LogP contribution in [0.15, 0.2) is 53.1 Å². The van der Waals surface area contributed by atoms with Crippen LogP contribution in [0.25, 0.3) is 22.2 Å². The van der Waals surface area contributed by atoms with Crippen LogP contribution in [0.5, 0.6) is 5.75 Å². The third kappa shape index (κ3) is 2.72. The zero-order chi connectivity index (χ0) is 15.7. The van der Waals surface area contributed by atoms with E-state index in [1.807, 2.05) is 57.2 Å². The summed E-state index contributed by atoms with van der Waals surface area (Å²) in [4.78, 5) is 11.9. The summed E-state index contributed by atoms with van der Waals surface area (Å²) in [5, 5.41) is 5.01. The summed E-state index contributed by atoms with van der Waals surface area (Å²) in [5.74, 6) is 0.179. The average Bonchev–Trinajstić information content (AvgIpc) is 2.90. The van der Waals surface area contributed by atoms with Crippen LogP contribution >= 0.6 is 0 Å². The fourth-order valence-electron chi connectivity index (χ4n) is 2.05. The Morgan fingerprint density at radius 2 is 1.82 bits per heavy atom. The standard InChI is InChI=1S/C18H17NO3/c1-18(2,3)17(20)21-13-9-10-14-15(11-13)22-19-16(14)12-7-5-4-6-8-12/h4-11H,1-3H3. The van der Waals surface area contributed by atoms with Gasteiger partial charge < -0.3 is 9.26 Å². The largest absolute Gasteiger partial charge is 0.426 e. The van der Waals surface area contributed by atoms with E-state index in [1.165, 1.54) is 0 Å². The first-order chi connectivity index (χ1) is 10.4. The van der Waals surface area contributed by atoms with E-state index in [0.29, 0.717) is 11.3 Å². The first-order valence-corrected chi connectivity index (χ1v) is 7.12. The van der Waals surface area contributed by atoms with Crippen LogP contribution in [0, 0.1) is 5.41 Å². The van der Waals surface area contributed by atoms with Gasteiger partial charge in [-0.3, -0.25) is 4.79 Å². The fraction of sp³-hybridized carbons (Fsp3) is 0.222. The lowest BCUT2D eigenvalue weighted by molar-refractivity contribution is -0.142. The molecule has 1 aromatic heterocycles. The summed E-state index contributed by atoms with van der Waals surface area (Å²) in [5.41, 5.74) is 1.81. The van der Waals surface area contributed by atoms with Gasteiger partial charge in [-0.05, 0) is 32.9 Å². The van der Waals surface area contributed by atoms with E-state index < -0.39 is 5.41 Å². The van der Waals surface area contributed by atoms with Crippen molar-refractivity contribution in [2.24, 2.45) is 5.41 Å². The van der Waals surface area contributed by atoms with Crippen LogP contribution in [0.2, 0.25) is 0 Å². The maximum atomic E-state index is 11.9. The van der Waals surface area contributed by atoms with Crippen LogP contribution in [0.4, 0.5) is 0 Å². The lowest BCUT2D eigenvalue weighted by Crippen LogP contribution is -2.25. The van der Waals surface area contributed by atoms with E-state index >= 15 is 0 Å². The first-order valence-electron chi connectivity index (χ1n) is 7.12. The Labute approximate surface area is 128 Å². The number of fused-ring (bicyclic) bond motifs is 1. The number of benzene rings is 2. The zero-order valence-corrected chi connectivity index (χ0v) is 12.8. The van der Waals surface area contributed by atoms with E-state index in [4.69, 9.17) is 9.26 Å². The highest BCUT2D eigenvalue weighted by Crippen LogP contribution is 2.30. The van der Waals surface area contributed by atoms with E-state index in [2.05, 4.69) is 5.16 Å². The second-order valence-electron chi connectivity index (χ2n) is 6.19. The zero-order valence-electron chi connectivity index (χ0n) is 12.8. The summed E-state index contributed by atoms with van der Waals surface area (Å²) in [6.45, 7) is 5.45. The van der Waals surface area contributed by atoms with E-state index in [-0.39, 0.29) is 5.97 Å². The van der Waals surface area contributed by atoms with Gasteiger partial charge in [0.2, 0.25) is 0 Å². The van der Waals surface area contributed by atoms with Gasteiger partial charge in [-0.1, -0.05) is 35.5 Å². The maximum absolute atomic E-state index is 11.9. The molecule has 0 atom stereocenters. The van der Waals surface area contributed by atoms with Gasteiger partial charge in [0, 0.05) is 17.0 Å². The molecule has 0 fully saturated rings. The number of rotatable bonds is 2. The molecule has 0 aliphatic rings. The topological polar surface area (TPSA) is 52.3 Å². The Kier molecular flexibility index (Phi) is 3.45. The first kappa shape index (κ1) is 14.3. The van der Waals surface area contributed by atoms with Crippen molar-refractivity contribution in [3.8, 4) is 17.0 Å². The minimum Gasteiger partial charge on any atom is -0.426 e. The monoisotopic (exact) mass is 295 g/mol. The van der Waals surface area contributed by atoms with Crippen molar-refractivity contribution in [1.82, 2.24) is 5.16 Å². The van der Waals surface area contributed by atoms with Crippen molar-refractivity contribution < 1.29 is 14.1 Å². The highest BCUT2D eigenvalue weighted by Gasteiger charge is 2.24. The Balaban J connectivity index is 1.95. The third-order valence-corrected chi connectivity index (χ3v) is 3.31. The minimum atomic E-state index is -0.550. The van der Waals surface area contributed by atoms with Gasteiger partial charge in [0.15, 0.2) is 5.58 Å². The average molecular weight is 295 g/mol. The molecule has 0 N–H and O–H groups in total. The molecule has 22 heavy (non-hydrogen) atoms. The van der Waals surface area contributed by atoms with Crippen molar-refractivity contribution in [1.29, 1.82) is 0 Å². The number of carbonyl (C=O) groups excluding carboxylic acids is 1. The fourth-order valence-corrected chi connectivity index (χ4v) is 2.05. The Morgan fingerprint density at radius 3 is 2.50 bits per heavy atom. The van der Waals surface area contributed by atoms with Crippen molar-refractivity contribution in [2.45, 2.75) is 20.8 Å². The second-order valence-corrected chi connectivity index (χ2v) is 6.19. The number of hydrogen-bond acceptors (Lipinski definition) is 4. The lowest BCUT2D eigenvalue weighted by Gasteiger charge is -2.16. The van der Waals surface area contributed by atoms with Crippen LogP contribution in [-0.4, -0.2) is 11.1 Å². The third-order valence-electron chi connectivity index (χ3n) is 3.31. The summed E-state index contributed by atoms with van der Waals surface area (Å²) in [6.07, 6.45) is 0. The molecule has 0 saturated heterocycles. The highest BCUT2D eigenvalue weighted by atomic mass is 16.5. The lowest BCUT2D eigenvalue weighted by atomic mass is 9.97. The number of hydrogen-bond donors (Lipinski definition) is 0. The number of nitrogens with zero attached hydrogens (tertiary/aromatic N) is 1. The summed E-state index contributed by atoms with van der Waals surface area (Å²) >= 11 is 0. The van der Waals surface area contributed by atoms with Gasteiger partial charge in [-0.2, -0.15) is 0 Å². The van der Waals surface area contributed by atoms with Gasteiger partial charge in [-0.25, -0.2) is 0 Å². The molecule has 4 heteroatoms. The molecule has 4 nitrogen and oxygen atoms in total. The van der Waals surface area contributed by atoms with E-state index in [0.717, 1.165) is 16.6 Å². The van der Waals surface area contributed by atoms with Crippen molar-refractivity contribution >= 4 is 16.9 Å².